The van der Waals surface area contributed by atoms with Gasteiger partial charge in [-0.25, -0.2) is 14.4 Å². The maximum Gasteiger partial charge on any atom is 0.136 e. The number of rotatable bonds is 5. The van der Waals surface area contributed by atoms with Gasteiger partial charge in [0.15, 0.2) is 0 Å². The van der Waals surface area contributed by atoms with Crippen LogP contribution in [0.25, 0.3) is 0 Å². The highest BCUT2D eigenvalue weighted by Gasteiger charge is 2.27. The summed E-state index contributed by atoms with van der Waals surface area (Å²) in [5.74, 6) is 2.41. The lowest BCUT2D eigenvalue weighted by Crippen LogP contribution is -2.12. The van der Waals surface area contributed by atoms with Gasteiger partial charge in [-0.3, -0.25) is 0 Å². The first-order valence-corrected chi connectivity index (χ1v) is 7.26. The summed E-state index contributed by atoms with van der Waals surface area (Å²) in [6, 6.07) is 6.82. The van der Waals surface area contributed by atoms with Crippen LogP contribution >= 0.6 is 0 Å². The maximum absolute atomic E-state index is 13.6. The molecule has 1 heterocycles. The minimum atomic E-state index is -0.170. The summed E-state index contributed by atoms with van der Waals surface area (Å²) in [6.45, 7) is 2.51. The summed E-state index contributed by atoms with van der Waals surface area (Å²) in [6.07, 6.45) is 2.88. The van der Waals surface area contributed by atoms with Crippen LogP contribution in [0.3, 0.4) is 0 Å². The summed E-state index contributed by atoms with van der Waals surface area (Å²) in [7, 11) is 0. The van der Waals surface area contributed by atoms with Crippen molar-refractivity contribution in [3.05, 3.63) is 47.0 Å². The highest BCUT2D eigenvalue weighted by atomic mass is 19.1. The van der Waals surface area contributed by atoms with Gasteiger partial charge in [-0.05, 0) is 37.8 Å². The van der Waals surface area contributed by atoms with E-state index in [1.54, 1.807) is 12.1 Å². The van der Waals surface area contributed by atoms with E-state index >= 15 is 0 Å². The van der Waals surface area contributed by atoms with Gasteiger partial charge >= 0.3 is 0 Å². The highest BCUT2D eigenvalue weighted by molar-refractivity contribution is 5.55. The minimum absolute atomic E-state index is 0.170. The quantitative estimate of drug-likeness (QED) is 0.886. The van der Waals surface area contributed by atoms with E-state index in [4.69, 9.17) is 5.73 Å². The Morgan fingerprint density at radius 2 is 2.05 bits per heavy atom. The molecule has 1 aromatic carbocycles. The van der Waals surface area contributed by atoms with Gasteiger partial charge in [0.2, 0.25) is 0 Å². The molecule has 0 saturated heterocycles. The Balaban J connectivity index is 1.69. The average Bonchev–Trinajstić information content (AvgIpc) is 3.30. The van der Waals surface area contributed by atoms with Crippen LogP contribution in [-0.4, -0.2) is 16.5 Å². The van der Waals surface area contributed by atoms with Crippen molar-refractivity contribution in [1.29, 1.82) is 0 Å². The Bertz CT molecular complexity index is 653. The van der Waals surface area contributed by atoms with Crippen molar-refractivity contribution >= 4 is 11.6 Å². The summed E-state index contributed by atoms with van der Waals surface area (Å²) in [5, 5.41) is 3.25. The molecule has 0 amide bonds. The molecule has 1 aromatic heterocycles. The second-order valence-electron chi connectivity index (χ2n) is 5.48. The average molecular weight is 286 g/mol. The van der Waals surface area contributed by atoms with E-state index in [1.165, 1.54) is 6.07 Å². The molecule has 2 aromatic rings. The van der Waals surface area contributed by atoms with Gasteiger partial charge in [-0.2, -0.15) is 0 Å². The lowest BCUT2D eigenvalue weighted by atomic mass is 10.1. The lowest BCUT2D eigenvalue weighted by molar-refractivity contribution is 0.610. The molecule has 0 atom stereocenters. The molecule has 1 fully saturated rings. The topological polar surface area (TPSA) is 63.8 Å². The molecule has 21 heavy (non-hydrogen) atoms. The zero-order valence-electron chi connectivity index (χ0n) is 12.1. The van der Waals surface area contributed by atoms with E-state index < -0.39 is 0 Å². The van der Waals surface area contributed by atoms with Crippen molar-refractivity contribution in [2.45, 2.75) is 32.1 Å². The van der Waals surface area contributed by atoms with Crippen molar-refractivity contribution in [1.82, 2.24) is 9.97 Å². The van der Waals surface area contributed by atoms with Crippen molar-refractivity contribution in [2.24, 2.45) is 0 Å². The fourth-order valence-corrected chi connectivity index (χ4v) is 2.26. The number of benzene rings is 1. The number of hydrogen-bond acceptors (Lipinski definition) is 4. The Morgan fingerprint density at radius 1 is 1.29 bits per heavy atom. The Morgan fingerprint density at radius 3 is 2.76 bits per heavy atom. The third kappa shape index (κ3) is 3.12. The van der Waals surface area contributed by atoms with Gasteiger partial charge in [0.25, 0.3) is 0 Å². The van der Waals surface area contributed by atoms with Crippen LogP contribution in [0.5, 0.6) is 0 Å². The summed E-state index contributed by atoms with van der Waals surface area (Å²) >= 11 is 0. The van der Waals surface area contributed by atoms with E-state index in [0.29, 0.717) is 30.3 Å². The van der Waals surface area contributed by atoms with Gasteiger partial charge in [0.1, 0.15) is 23.3 Å². The molecule has 4 nitrogen and oxygen atoms in total. The molecule has 0 aliphatic heterocycles. The molecule has 1 saturated carbocycles. The molecule has 0 bridgehead atoms. The van der Waals surface area contributed by atoms with Crippen molar-refractivity contribution in [3.63, 3.8) is 0 Å². The van der Waals surface area contributed by atoms with Gasteiger partial charge in [0, 0.05) is 18.0 Å². The molecule has 0 unspecified atom stereocenters. The molecule has 1 aliphatic rings. The van der Waals surface area contributed by atoms with E-state index in [1.807, 2.05) is 13.0 Å². The molecule has 110 valence electrons. The van der Waals surface area contributed by atoms with E-state index in [9.17, 15) is 4.39 Å². The van der Waals surface area contributed by atoms with Crippen molar-refractivity contribution < 1.29 is 4.39 Å². The number of nitrogens with two attached hydrogens (primary N) is 1. The first-order chi connectivity index (χ1) is 10.1. The number of nitrogens with one attached hydrogen (secondary N) is 1. The van der Waals surface area contributed by atoms with Gasteiger partial charge in [0.05, 0.1) is 0 Å². The summed E-state index contributed by atoms with van der Waals surface area (Å²) < 4.78 is 13.6. The molecule has 1 aliphatic carbocycles. The van der Waals surface area contributed by atoms with Gasteiger partial charge in [-0.15, -0.1) is 0 Å². The summed E-state index contributed by atoms with van der Waals surface area (Å²) in [5.41, 5.74) is 7.50. The zero-order chi connectivity index (χ0) is 14.8. The first kappa shape index (κ1) is 13.8. The molecule has 0 radical (unpaired) electrons. The van der Waals surface area contributed by atoms with E-state index in [0.717, 1.165) is 30.0 Å². The Kier molecular flexibility index (Phi) is 3.73. The number of halogens is 1. The number of nitrogen functional groups attached to an aromatic ring is 1. The smallest absolute Gasteiger partial charge is 0.136 e. The predicted octanol–water partition coefficient (Wildman–Crippen LogP) is 3.04. The maximum atomic E-state index is 13.6. The van der Waals surface area contributed by atoms with Crippen LogP contribution in [0.15, 0.2) is 24.3 Å². The number of aromatic nitrogens is 2. The Labute approximate surface area is 123 Å². The van der Waals surface area contributed by atoms with Gasteiger partial charge < -0.3 is 11.1 Å². The monoisotopic (exact) mass is 286 g/mol. The van der Waals surface area contributed by atoms with Gasteiger partial charge in [-0.1, -0.05) is 18.2 Å². The summed E-state index contributed by atoms with van der Waals surface area (Å²) in [4.78, 5) is 8.90. The van der Waals surface area contributed by atoms with Crippen LogP contribution in [0.2, 0.25) is 0 Å². The molecular weight excluding hydrogens is 267 g/mol. The highest BCUT2D eigenvalue weighted by Crippen LogP contribution is 2.39. The largest absolute Gasteiger partial charge is 0.383 e. The van der Waals surface area contributed by atoms with Crippen LogP contribution < -0.4 is 11.1 Å². The first-order valence-electron chi connectivity index (χ1n) is 7.26. The van der Waals surface area contributed by atoms with E-state index in [2.05, 4.69) is 15.3 Å². The second-order valence-corrected chi connectivity index (χ2v) is 5.48. The fraction of sp³-hybridized carbons (Fsp3) is 0.375. The third-order valence-electron chi connectivity index (χ3n) is 3.79. The normalized spacial score (nSPS) is 14.2. The molecule has 3 rings (SSSR count). The molecular formula is C16H19FN4. The number of nitrogens with zero attached hydrogens (tertiary/aromatic N) is 2. The van der Waals surface area contributed by atoms with Crippen molar-refractivity contribution in [2.75, 3.05) is 17.6 Å². The van der Waals surface area contributed by atoms with Crippen LogP contribution in [0, 0.1) is 12.7 Å². The van der Waals surface area contributed by atoms with Crippen molar-refractivity contribution in [3.8, 4) is 0 Å². The molecule has 5 heteroatoms. The fourth-order valence-electron chi connectivity index (χ4n) is 2.26. The zero-order valence-corrected chi connectivity index (χ0v) is 12.1. The number of hydrogen-bond donors (Lipinski definition) is 2. The SMILES string of the molecule is Cc1c(N)nc(C2CC2)nc1NCCc1ccccc1F. The van der Waals surface area contributed by atoms with Crippen LogP contribution in [0.1, 0.15) is 35.7 Å². The predicted molar refractivity (Wildman–Crippen MR) is 81.8 cm³/mol. The van der Waals surface area contributed by atoms with E-state index in [-0.39, 0.29) is 5.82 Å². The standard InChI is InChI=1S/C16H19FN4/c1-10-14(18)20-16(12-6-7-12)21-15(10)19-9-8-11-4-2-3-5-13(11)17/h2-5,12H,6-9H2,1H3,(H3,18,19,20,21). The molecule has 3 N–H and O–H groups in total. The lowest BCUT2D eigenvalue weighted by Gasteiger charge is -2.12. The third-order valence-corrected chi connectivity index (χ3v) is 3.79. The van der Waals surface area contributed by atoms with Crippen LogP contribution in [0.4, 0.5) is 16.0 Å². The molecule has 0 spiro atoms. The second kappa shape index (κ2) is 5.68. The minimum Gasteiger partial charge on any atom is -0.383 e. The Hall–Kier alpha value is -2.17. The number of anilines is 2. The van der Waals surface area contributed by atoms with Crippen LogP contribution in [-0.2, 0) is 6.42 Å².